The van der Waals surface area contributed by atoms with Crippen molar-refractivity contribution in [2.24, 2.45) is 4.99 Å². The van der Waals surface area contributed by atoms with Gasteiger partial charge < -0.3 is 26.0 Å². The maximum absolute atomic E-state index is 13.9. The predicted molar refractivity (Wildman–Crippen MR) is 156 cm³/mol. The molecule has 2 atom stereocenters. The van der Waals surface area contributed by atoms with Crippen LogP contribution in [0, 0.1) is 0 Å². The molecule has 2 aromatic carbocycles. The van der Waals surface area contributed by atoms with Crippen LogP contribution in [-0.2, 0) is 10.3 Å². The number of likely N-dealkylation sites (N-methyl/N-ethyl adjacent to an activating group) is 1. The highest BCUT2D eigenvalue weighted by Gasteiger charge is 2.36. The summed E-state index contributed by atoms with van der Waals surface area (Å²) in [6.07, 6.45) is 2.73. The Kier molecular flexibility index (Phi) is 8.20. The van der Waals surface area contributed by atoms with E-state index in [1.165, 1.54) is 0 Å². The molecule has 40 heavy (non-hydrogen) atoms. The van der Waals surface area contributed by atoms with Gasteiger partial charge in [-0.25, -0.2) is 4.99 Å². The first-order valence-electron chi connectivity index (χ1n) is 13.9. The molecule has 10 heteroatoms. The van der Waals surface area contributed by atoms with Crippen LogP contribution in [0.4, 0.5) is 5.69 Å². The van der Waals surface area contributed by atoms with Crippen molar-refractivity contribution in [3.05, 3.63) is 77.1 Å². The zero-order valence-electron chi connectivity index (χ0n) is 23.4. The fourth-order valence-corrected chi connectivity index (χ4v) is 5.51. The molecule has 0 aliphatic carbocycles. The number of carbonyl (C=O) groups is 2. The number of aliphatic imine (C=N–C) groups is 1. The summed E-state index contributed by atoms with van der Waals surface area (Å²) in [6, 6.07) is 14.9. The van der Waals surface area contributed by atoms with Crippen LogP contribution in [0.5, 0.6) is 0 Å². The number of nitrogens with zero attached hydrogens (tertiary/aromatic N) is 4. The van der Waals surface area contributed by atoms with Crippen LogP contribution in [0.3, 0.4) is 0 Å². The van der Waals surface area contributed by atoms with Gasteiger partial charge in [-0.2, -0.15) is 0 Å². The lowest BCUT2D eigenvalue weighted by molar-refractivity contribution is -0.132. The number of rotatable bonds is 9. The minimum atomic E-state index is -0.710. The Hall–Kier alpha value is -3.73. The third kappa shape index (κ3) is 5.89. The first kappa shape index (κ1) is 27.8. The SMILES string of the molecule is CCN1CCN(CC(=O)N2C(N[C@H](CO)c3ccccc3)=CC=NC2Nc2ccc3c(c2)C(C)(C)NC3=O)CC1. The number of hydrogen-bond donors (Lipinski definition) is 4. The second kappa shape index (κ2) is 11.8. The Balaban J connectivity index is 1.40. The van der Waals surface area contributed by atoms with Gasteiger partial charge in [0.1, 0.15) is 5.82 Å². The summed E-state index contributed by atoms with van der Waals surface area (Å²) in [5.41, 5.74) is 2.72. The monoisotopic (exact) mass is 545 g/mol. The Labute approximate surface area is 235 Å². The molecule has 1 fully saturated rings. The van der Waals surface area contributed by atoms with Crippen molar-refractivity contribution in [3.8, 4) is 0 Å². The van der Waals surface area contributed by atoms with E-state index in [1.807, 2.05) is 56.3 Å². The Morgan fingerprint density at radius 2 is 1.85 bits per heavy atom. The molecule has 212 valence electrons. The van der Waals surface area contributed by atoms with E-state index in [0.717, 1.165) is 49.5 Å². The Bertz CT molecular complexity index is 1290. The van der Waals surface area contributed by atoms with Gasteiger partial charge in [0.2, 0.25) is 12.2 Å². The predicted octanol–water partition coefficient (Wildman–Crippen LogP) is 2.08. The van der Waals surface area contributed by atoms with Crippen molar-refractivity contribution >= 4 is 23.7 Å². The van der Waals surface area contributed by atoms with Crippen molar-refractivity contribution < 1.29 is 14.7 Å². The third-order valence-electron chi connectivity index (χ3n) is 7.87. The van der Waals surface area contributed by atoms with Crippen molar-refractivity contribution in [3.63, 3.8) is 0 Å². The van der Waals surface area contributed by atoms with Crippen molar-refractivity contribution in [1.82, 2.24) is 25.3 Å². The quantitative estimate of drug-likeness (QED) is 0.382. The Morgan fingerprint density at radius 3 is 2.55 bits per heavy atom. The lowest BCUT2D eigenvalue weighted by Crippen LogP contribution is -2.54. The van der Waals surface area contributed by atoms with E-state index < -0.39 is 17.9 Å². The molecule has 3 aliphatic heterocycles. The van der Waals surface area contributed by atoms with E-state index >= 15 is 0 Å². The molecule has 0 bridgehead atoms. The van der Waals surface area contributed by atoms with Crippen molar-refractivity contribution in [2.75, 3.05) is 51.2 Å². The highest BCUT2D eigenvalue weighted by Crippen LogP contribution is 2.33. The summed E-state index contributed by atoms with van der Waals surface area (Å²) >= 11 is 0. The number of allylic oxidation sites excluding steroid dienone is 1. The van der Waals surface area contributed by atoms with Gasteiger partial charge in [-0.05, 0) is 55.8 Å². The lowest BCUT2D eigenvalue weighted by atomic mass is 9.94. The van der Waals surface area contributed by atoms with E-state index in [4.69, 9.17) is 0 Å². The minimum Gasteiger partial charge on any atom is -0.394 e. The molecule has 3 heterocycles. The van der Waals surface area contributed by atoms with Gasteiger partial charge in [0, 0.05) is 43.6 Å². The maximum atomic E-state index is 13.9. The molecule has 2 aromatic rings. The third-order valence-corrected chi connectivity index (χ3v) is 7.87. The van der Waals surface area contributed by atoms with Gasteiger partial charge in [0.25, 0.3) is 5.91 Å². The number of amides is 2. The highest BCUT2D eigenvalue weighted by molar-refractivity contribution is 6.00. The van der Waals surface area contributed by atoms with Crippen LogP contribution in [0.2, 0.25) is 0 Å². The standard InChI is InChI=1S/C30H39N7O3/c1-4-35-14-16-36(17-15-35)19-27(39)37-26(33-25(20-38)21-8-6-5-7-9-21)12-13-31-29(37)32-22-10-11-23-24(18-22)30(2,3)34-28(23)40/h5-13,18,25,29,32-33,38H,4,14-17,19-20H2,1-3H3,(H,34,40)/t25-,29?/m1/s1. The smallest absolute Gasteiger partial charge is 0.252 e. The first-order chi connectivity index (χ1) is 19.3. The Morgan fingerprint density at radius 1 is 1.12 bits per heavy atom. The van der Waals surface area contributed by atoms with E-state index in [-0.39, 0.29) is 25.0 Å². The first-order valence-corrected chi connectivity index (χ1v) is 13.9. The number of nitrogens with one attached hydrogen (secondary N) is 3. The van der Waals surface area contributed by atoms with Gasteiger partial charge in [-0.3, -0.25) is 19.4 Å². The number of aliphatic hydroxyl groups excluding tert-OH is 1. The minimum absolute atomic E-state index is 0.0902. The van der Waals surface area contributed by atoms with Crippen LogP contribution in [0.25, 0.3) is 0 Å². The number of hydrogen-bond acceptors (Lipinski definition) is 8. The van der Waals surface area contributed by atoms with Crippen LogP contribution in [0.1, 0.15) is 48.3 Å². The van der Waals surface area contributed by atoms with Gasteiger partial charge in [0.15, 0.2) is 0 Å². The van der Waals surface area contributed by atoms with Crippen LogP contribution in [0.15, 0.2) is 65.4 Å². The van der Waals surface area contributed by atoms with E-state index in [9.17, 15) is 14.7 Å². The fourth-order valence-electron chi connectivity index (χ4n) is 5.51. The molecule has 5 rings (SSSR count). The molecule has 0 saturated carbocycles. The van der Waals surface area contributed by atoms with Gasteiger partial charge >= 0.3 is 0 Å². The molecule has 1 unspecified atom stereocenters. The highest BCUT2D eigenvalue weighted by atomic mass is 16.3. The molecular formula is C30H39N7O3. The molecular weight excluding hydrogens is 506 g/mol. The molecule has 0 spiro atoms. The molecule has 0 aromatic heterocycles. The topological polar surface area (TPSA) is 113 Å². The van der Waals surface area contributed by atoms with Crippen molar-refractivity contribution in [2.45, 2.75) is 38.6 Å². The number of anilines is 1. The van der Waals surface area contributed by atoms with Gasteiger partial charge in [-0.15, -0.1) is 0 Å². The van der Waals surface area contributed by atoms with E-state index in [2.05, 4.69) is 37.7 Å². The summed E-state index contributed by atoms with van der Waals surface area (Å²) < 4.78 is 0. The number of benzene rings is 2. The maximum Gasteiger partial charge on any atom is 0.252 e. The molecule has 10 nitrogen and oxygen atoms in total. The summed E-state index contributed by atoms with van der Waals surface area (Å²) in [7, 11) is 0. The average Bonchev–Trinajstić information content (AvgIpc) is 3.19. The normalized spacial score (nSPS) is 21.4. The summed E-state index contributed by atoms with van der Waals surface area (Å²) in [6.45, 7) is 10.7. The molecule has 3 aliphatic rings. The molecule has 2 amide bonds. The van der Waals surface area contributed by atoms with Crippen LogP contribution in [-0.4, -0.2) is 90.0 Å². The summed E-state index contributed by atoms with van der Waals surface area (Å²) in [5, 5.41) is 20.0. The average molecular weight is 546 g/mol. The molecule has 1 saturated heterocycles. The van der Waals surface area contributed by atoms with Crippen molar-refractivity contribution in [1.29, 1.82) is 0 Å². The second-order valence-electron chi connectivity index (χ2n) is 11.0. The zero-order chi connectivity index (χ0) is 28.3. The summed E-state index contributed by atoms with van der Waals surface area (Å²) in [4.78, 5) is 37.1. The summed E-state index contributed by atoms with van der Waals surface area (Å²) in [5.74, 6) is 0.375. The number of piperazine rings is 1. The van der Waals surface area contributed by atoms with E-state index in [0.29, 0.717) is 11.4 Å². The second-order valence-corrected chi connectivity index (χ2v) is 11.0. The molecule has 0 radical (unpaired) electrons. The zero-order valence-corrected chi connectivity index (χ0v) is 23.4. The largest absolute Gasteiger partial charge is 0.394 e. The van der Waals surface area contributed by atoms with Gasteiger partial charge in [0.05, 0.1) is 24.7 Å². The fraction of sp³-hybridized carbons (Fsp3) is 0.433. The molecule has 4 N–H and O–H groups in total. The number of fused-ring (bicyclic) bond motifs is 1. The van der Waals surface area contributed by atoms with Crippen LogP contribution >= 0.6 is 0 Å². The number of carbonyl (C=O) groups excluding carboxylic acids is 2. The number of aliphatic hydroxyl groups is 1. The lowest BCUT2D eigenvalue weighted by Gasteiger charge is -2.38. The van der Waals surface area contributed by atoms with E-state index in [1.54, 1.807) is 23.3 Å². The van der Waals surface area contributed by atoms with Crippen LogP contribution < -0.4 is 16.0 Å². The van der Waals surface area contributed by atoms with Gasteiger partial charge in [-0.1, -0.05) is 37.3 Å².